The predicted octanol–water partition coefficient (Wildman–Crippen LogP) is 2.43. The van der Waals surface area contributed by atoms with Crippen molar-refractivity contribution in [2.45, 2.75) is 27.2 Å². The molecule has 0 amide bonds. The lowest BCUT2D eigenvalue weighted by molar-refractivity contribution is -0.141. The number of pyridine rings is 1. The Morgan fingerprint density at radius 2 is 1.44 bits per heavy atom. The van der Waals surface area contributed by atoms with Crippen molar-refractivity contribution in [2.24, 2.45) is 0 Å². The number of rotatable bonds is 8. The van der Waals surface area contributed by atoms with Gasteiger partial charge in [-0.3, -0.25) is 9.59 Å². The topological polar surface area (TPSA) is 100 Å². The van der Waals surface area contributed by atoms with Gasteiger partial charge >= 0.3 is 17.9 Å². The van der Waals surface area contributed by atoms with E-state index in [0.29, 0.717) is 5.52 Å². The average molecular weight is 375 g/mol. The predicted molar refractivity (Wildman–Crippen MR) is 94.9 cm³/mol. The lowest BCUT2D eigenvalue weighted by Gasteiger charge is -2.07. The van der Waals surface area contributed by atoms with Crippen molar-refractivity contribution in [1.29, 1.82) is 0 Å². The molecular weight excluding hydrogens is 354 g/mol. The Labute approximate surface area is 156 Å². The van der Waals surface area contributed by atoms with Crippen LogP contribution in [-0.4, -0.2) is 47.9 Å². The second kappa shape index (κ2) is 8.98. The number of hydrogen-bond acceptors (Lipinski definition) is 7. The third-order valence-electron chi connectivity index (χ3n) is 3.68. The van der Waals surface area contributed by atoms with Crippen LogP contribution < -0.4 is 0 Å². The molecule has 8 heteroatoms. The molecule has 0 N–H and O–H groups in total. The van der Waals surface area contributed by atoms with Crippen LogP contribution in [0.15, 0.2) is 24.4 Å². The molecular formula is C19H21NO7. The Morgan fingerprint density at radius 3 is 2.04 bits per heavy atom. The first-order valence-corrected chi connectivity index (χ1v) is 8.62. The van der Waals surface area contributed by atoms with Crippen LogP contribution in [0.4, 0.5) is 0 Å². The minimum Gasteiger partial charge on any atom is -0.466 e. The zero-order valence-electron chi connectivity index (χ0n) is 15.4. The molecule has 0 bridgehead atoms. The van der Waals surface area contributed by atoms with E-state index in [1.165, 1.54) is 10.6 Å². The standard InChI is InChI=1S/C19H21NO7/c1-4-25-14(22)11-13(21)17-16(19(24)27-6-3)15(18(23)26-5-2)12-9-7-8-10-20(12)17/h7-10H,4-6,11H2,1-3H3. The summed E-state index contributed by atoms with van der Waals surface area (Å²) >= 11 is 0. The summed E-state index contributed by atoms with van der Waals surface area (Å²) in [7, 11) is 0. The van der Waals surface area contributed by atoms with Crippen LogP contribution in [0, 0.1) is 0 Å². The van der Waals surface area contributed by atoms with Crippen LogP contribution in [0.5, 0.6) is 0 Å². The summed E-state index contributed by atoms with van der Waals surface area (Å²) in [5.41, 5.74) is -0.0784. The van der Waals surface area contributed by atoms with Gasteiger partial charge in [0.05, 0.1) is 25.3 Å². The molecule has 144 valence electrons. The summed E-state index contributed by atoms with van der Waals surface area (Å²) in [6.45, 7) is 5.14. The van der Waals surface area contributed by atoms with E-state index in [9.17, 15) is 19.2 Å². The Balaban J connectivity index is 2.71. The molecule has 27 heavy (non-hydrogen) atoms. The number of ketones is 1. The van der Waals surface area contributed by atoms with Crippen molar-refractivity contribution in [3.63, 3.8) is 0 Å². The number of carbonyl (C=O) groups is 4. The van der Waals surface area contributed by atoms with Crippen LogP contribution in [-0.2, 0) is 19.0 Å². The maximum absolute atomic E-state index is 12.8. The van der Waals surface area contributed by atoms with Crippen LogP contribution in [0.25, 0.3) is 5.52 Å². The Kier molecular flexibility index (Phi) is 6.70. The van der Waals surface area contributed by atoms with Crippen molar-refractivity contribution < 1.29 is 33.4 Å². The van der Waals surface area contributed by atoms with E-state index in [1.807, 2.05) is 0 Å². The molecule has 8 nitrogen and oxygen atoms in total. The number of carbonyl (C=O) groups excluding carboxylic acids is 4. The second-order valence-electron chi connectivity index (χ2n) is 5.40. The first kappa shape index (κ1) is 20.2. The number of ether oxygens (including phenoxy) is 3. The van der Waals surface area contributed by atoms with Gasteiger partial charge in [0.15, 0.2) is 5.78 Å². The van der Waals surface area contributed by atoms with E-state index < -0.39 is 30.1 Å². The quantitative estimate of drug-likeness (QED) is 0.302. The molecule has 0 radical (unpaired) electrons. The number of aromatic nitrogens is 1. The van der Waals surface area contributed by atoms with E-state index in [-0.39, 0.29) is 36.6 Å². The van der Waals surface area contributed by atoms with Crippen LogP contribution >= 0.6 is 0 Å². The lowest BCUT2D eigenvalue weighted by Crippen LogP contribution is -2.18. The molecule has 0 aliphatic rings. The number of Topliss-reactive ketones (excluding diaryl/α,β-unsaturated/α-hetero) is 1. The Morgan fingerprint density at radius 1 is 0.852 bits per heavy atom. The highest BCUT2D eigenvalue weighted by molar-refractivity contribution is 6.18. The van der Waals surface area contributed by atoms with Gasteiger partial charge in [0.2, 0.25) is 0 Å². The van der Waals surface area contributed by atoms with Gasteiger partial charge < -0.3 is 18.6 Å². The first-order chi connectivity index (χ1) is 13.0. The molecule has 0 saturated heterocycles. The normalized spacial score (nSPS) is 10.5. The second-order valence-corrected chi connectivity index (χ2v) is 5.40. The van der Waals surface area contributed by atoms with Crippen molar-refractivity contribution >= 4 is 29.2 Å². The van der Waals surface area contributed by atoms with Gasteiger partial charge in [-0.1, -0.05) is 6.07 Å². The molecule has 0 spiro atoms. The van der Waals surface area contributed by atoms with Crippen molar-refractivity contribution in [2.75, 3.05) is 19.8 Å². The summed E-state index contributed by atoms with van der Waals surface area (Å²) in [6.07, 6.45) is 0.961. The summed E-state index contributed by atoms with van der Waals surface area (Å²) in [4.78, 5) is 49.6. The molecule has 2 heterocycles. The fraction of sp³-hybridized carbons (Fsp3) is 0.368. The zero-order valence-corrected chi connectivity index (χ0v) is 15.4. The maximum Gasteiger partial charge on any atom is 0.341 e. The molecule has 0 aliphatic carbocycles. The van der Waals surface area contributed by atoms with Gasteiger partial charge in [0.25, 0.3) is 0 Å². The fourth-order valence-corrected chi connectivity index (χ4v) is 2.72. The van der Waals surface area contributed by atoms with Gasteiger partial charge in [0.1, 0.15) is 23.2 Å². The number of fused-ring (bicyclic) bond motifs is 1. The fourth-order valence-electron chi connectivity index (χ4n) is 2.72. The van der Waals surface area contributed by atoms with E-state index in [0.717, 1.165) is 0 Å². The molecule has 2 rings (SSSR count). The van der Waals surface area contributed by atoms with Gasteiger partial charge in [0, 0.05) is 6.20 Å². The highest BCUT2D eigenvalue weighted by Crippen LogP contribution is 2.27. The van der Waals surface area contributed by atoms with Gasteiger partial charge in [-0.15, -0.1) is 0 Å². The van der Waals surface area contributed by atoms with E-state index >= 15 is 0 Å². The monoisotopic (exact) mass is 375 g/mol. The summed E-state index contributed by atoms with van der Waals surface area (Å²) < 4.78 is 16.3. The highest BCUT2D eigenvalue weighted by Gasteiger charge is 2.33. The highest BCUT2D eigenvalue weighted by atomic mass is 16.5. The van der Waals surface area contributed by atoms with Crippen LogP contribution in [0.1, 0.15) is 58.4 Å². The molecule has 0 unspecified atom stereocenters. The van der Waals surface area contributed by atoms with Gasteiger partial charge in [-0.05, 0) is 32.9 Å². The maximum atomic E-state index is 12.8. The van der Waals surface area contributed by atoms with Crippen LogP contribution in [0.3, 0.4) is 0 Å². The molecule has 0 saturated carbocycles. The Hall–Kier alpha value is -3.16. The van der Waals surface area contributed by atoms with Crippen molar-refractivity contribution in [3.05, 3.63) is 41.2 Å². The summed E-state index contributed by atoms with van der Waals surface area (Å²) in [5.74, 6) is -2.97. The third kappa shape index (κ3) is 4.16. The molecule has 0 aromatic carbocycles. The zero-order chi connectivity index (χ0) is 20.0. The molecule has 2 aromatic heterocycles. The van der Waals surface area contributed by atoms with E-state index in [2.05, 4.69) is 0 Å². The molecule has 0 atom stereocenters. The van der Waals surface area contributed by atoms with E-state index in [4.69, 9.17) is 14.2 Å². The SMILES string of the molecule is CCOC(=O)CC(=O)c1c(C(=O)OCC)c(C(=O)OCC)c2ccccn12. The van der Waals surface area contributed by atoms with Gasteiger partial charge in [-0.25, -0.2) is 9.59 Å². The van der Waals surface area contributed by atoms with Gasteiger partial charge in [-0.2, -0.15) is 0 Å². The summed E-state index contributed by atoms with van der Waals surface area (Å²) in [5, 5.41) is 0. The number of esters is 3. The molecule has 0 fully saturated rings. The lowest BCUT2D eigenvalue weighted by atomic mass is 10.1. The van der Waals surface area contributed by atoms with Crippen molar-refractivity contribution in [1.82, 2.24) is 4.40 Å². The summed E-state index contributed by atoms with van der Waals surface area (Å²) in [6, 6.07) is 4.88. The number of hydrogen-bond donors (Lipinski definition) is 0. The Bertz CT molecular complexity index is 882. The third-order valence-corrected chi connectivity index (χ3v) is 3.68. The number of nitrogens with zero attached hydrogens (tertiary/aromatic N) is 1. The van der Waals surface area contributed by atoms with Crippen molar-refractivity contribution in [3.8, 4) is 0 Å². The first-order valence-electron chi connectivity index (χ1n) is 8.62. The molecule has 2 aromatic rings. The van der Waals surface area contributed by atoms with E-state index in [1.54, 1.807) is 39.0 Å². The minimum absolute atomic E-state index is 0.0544. The largest absolute Gasteiger partial charge is 0.466 e. The minimum atomic E-state index is -0.837. The molecule has 0 aliphatic heterocycles. The smallest absolute Gasteiger partial charge is 0.341 e. The van der Waals surface area contributed by atoms with Crippen LogP contribution in [0.2, 0.25) is 0 Å². The average Bonchev–Trinajstić information content (AvgIpc) is 2.97.